The molecule has 2 aromatic rings. The third kappa shape index (κ3) is 6.40. The highest BCUT2D eigenvalue weighted by atomic mass is 32.2. The molecular weight excluding hydrogens is 370 g/mol. The monoisotopic (exact) mass is 395 g/mol. The first-order chi connectivity index (χ1) is 12.4. The van der Waals surface area contributed by atoms with Gasteiger partial charge in [0.1, 0.15) is 0 Å². The molecule has 1 aromatic heterocycles. The van der Waals surface area contributed by atoms with E-state index in [0.29, 0.717) is 6.54 Å². The van der Waals surface area contributed by atoms with Crippen LogP contribution in [0.2, 0.25) is 0 Å². The predicted molar refractivity (Wildman–Crippen MR) is 106 cm³/mol. The molecule has 0 saturated heterocycles. The lowest BCUT2D eigenvalue weighted by Crippen LogP contribution is -2.38. The van der Waals surface area contributed by atoms with Crippen LogP contribution >= 0.6 is 11.3 Å². The third-order valence-electron chi connectivity index (χ3n) is 3.60. The molecular formula is C17H25N5O2S2. The molecule has 0 aliphatic rings. The van der Waals surface area contributed by atoms with E-state index in [1.54, 1.807) is 23.5 Å². The van der Waals surface area contributed by atoms with Gasteiger partial charge in [-0.25, -0.2) is 23.5 Å². The number of aryl methyl sites for hydroxylation is 1. The van der Waals surface area contributed by atoms with Gasteiger partial charge in [-0.2, -0.15) is 0 Å². The first-order valence-corrected chi connectivity index (χ1v) is 10.9. The molecule has 2 rings (SSSR count). The van der Waals surface area contributed by atoms with E-state index >= 15 is 0 Å². The number of aliphatic imine (C=N–C) groups is 1. The van der Waals surface area contributed by atoms with Crippen LogP contribution in [0.5, 0.6) is 0 Å². The smallest absolute Gasteiger partial charge is 0.238 e. The van der Waals surface area contributed by atoms with Crippen LogP contribution in [0.1, 0.15) is 29.3 Å². The minimum absolute atomic E-state index is 0.102. The molecule has 0 amide bonds. The third-order valence-corrected chi connectivity index (χ3v) is 5.73. The molecule has 4 N–H and O–H groups in total. The van der Waals surface area contributed by atoms with Crippen molar-refractivity contribution in [1.82, 2.24) is 15.6 Å². The van der Waals surface area contributed by atoms with Crippen molar-refractivity contribution in [3.05, 3.63) is 45.9 Å². The first-order valence-electron chi connectivity index (χ1n) is 8.50. The number of guanidine groups is 1. The summed E-state index contributed by atoms with van der Waals surface area (Å²) in [6, 6.07) is 6.42. The number of primary sulfonamides is 1. The summed E-state index contributed by atoms with van der Waals surface area (Å²) in [4.78, 5) is 10.3. The lowest BCUT2D eigenvalue weighted by molar-refractivity contribution is 0.598. The summed E-state index contributed by atoms with van der Waals surface area (Å²) in [5, 5.41) is 12.7. The van der Waals surface area contributed by atoms with Crippen molar-refractivity contribution in [1.29, 1.82) is 0 Å². The first kappa shape index (κ1) is 20.3. The van der Waals surface area contributed by atoms with Crippen molar-refractivity contribution in [2.24, 2.45) is 10.1 Å². The Morgan fingerprint density at radius 1 is 1.23 bits per heavy atom. The summed E-state index contributed by atoms with van der Waals surface area (Å²) >= 11 is 1.74. The molecule has 142 valence electrons. The molecule has 7 nitrogen and oxygen atoms in total. The van der Waals surface area contributed by atoms with E-state index in [9.17, 15) is 8.42 Å². The average Bonchev–Trinajstić information content (AvgIpc) is 3.07. The standard InChI is InChI=1S/C17H25N5O2S2/c1-3-14-12-21-16(25-14)9-10-20-17(19-4-2)22-11-13-5-7-15(8-6-13)26(18,23)24/h5-8,12H,3-4,9-11H2,1-2H3,(H2,18,23,24)(H2,19,20,22). The van der Waals surface area contributed by atoms with Crippen LogP contribution < -0.4 is 15.8 Å². The lowest BCUT2D eigenvalue weighted by Gasteiger charge is -2.10. The number of hydrogen-bond acceptors (Lipinski definition) is 5. The fraction of sp³-hybridized carbons (Fsp3) is 0.412. The molecule has 0 bridgehead atoms. The summed E-state index contributed by atoms with van der Waals surface area (Å²) in [5.74, 6) is 0.718. The Hall–Kier alpha value is -1.97. The van der Waals surface area contributed by atoms with Crippen molar-refractivity contribution in [3.8, 4) is 0 Å². The second-order valence-electron chi connectivity index (χ2n) is 5.63. The molecule has 0 radical (unpaired) electrons. The minimum atomic E-state index is -3.66. The quantitative estimate of drug-likeness (QED) is 0.465. The summed E-state index contributed by atoms with van der Waals surface area (Å²) in [5.41, 5.74) is 0.905. The average molecular weight is 396 g/mol. The normalized spacial score (nSPS) is 12.2. The van der Waals surface area contributed by atoms with Crippen LogP contribution in [-0.2, 0) is 29.4 Å². The van der Waals surface area contributed by atoms with Gasteiger partial charge in [-0.1, -0.05) is 19.1 Å². The number of nitrogens with two attached hydrogens (primary N) is 1. The number of rotatable bonds is 8. The maximum Gasteiger partial charge on any atom is 0.238 e. The molecule has 1 aromatic carbocycles. The van der Waals surface area contributed by atoms with Crippen LogP contribution in [0.25, 0.3) is 0 Å². The van der Waals surface area contributed by atoms with Gasteiger partial charge < -0.3 is 10.6 Å². The van der Waals surface area contributed by atoms with Gasteiger partial charge in [0, 0.05) is 30.6 Å². The number of benzene rings is 1. The fourth-order valence-corrected chi connectivity index (χ4v) is 3.59. The number of nitrogens with one attached hydrogen (secondary N) is 2. The highest BCUT2D eigenvalue weighted by Gasteiger charge is 2.07. The molecule has 0 aliphatic carbocycles. The van der Waals surface area contributed by atoms with E-state index in [4.69, 9.17) is 5.14 Å². The van der Waals surface area contributed by atoms with Gasteiger partial charge in [0.05, 0.1) is 16.4 Å². The second kappa shape index (κ2) is 9.65. The van der Waals surface area contributed by atoms with E-state index in [1.165, 1.54) is 17.0 Å². The fourth-order valence-electron chi connectivity index (χ4n) is 2.21. The van der Waals surface area contributed by atoms with Gasteiger partial charge in [-0.15, -0.1) is 11.3 Å². The Bertz CT molecular complexity index is 829. The molecule has 0 unspecified atom stereocenters. The van der Waals surface area contributed by atoms with Crippen LogP contribution in [0.4, 0.5) is 0 Å². The number of thiazole rings is 1. The predicted octanol–water partition coefficient (Wildman–Crippen LogP) is 1.65. The van der Waals surface area contributed by atoms with Crippen LogP contribution in [0.3, 0.4) is 0 Å². The Morgan fingerprint density at radius 3 is 2.54 bits per heavy atom. The van der Waals surface area contributed by atoms with Crippen molar-refractivity contribution in [2.75, 3.05) is 13.1 Å². The Labute approximate surface area is 158 Å². The summed E-state index contributed by atoms with van der Waals surface area (Å²) in [6.45, 7) is 6.07. The molecule has 0 atom stereocenters. The van der Waals surface area contributed by atoms with E-state index in [0.717, 1.165) is 42.5 Å². The van der Waals surface area contributed by atoms with Gasteiger partial charge in [-0.3, -0.25) is 0 Å². The van der Waals surface area contributed by atoms with Gasteiger partial charge in [-0.05, 0) is 31.0 Å². The zero-order valence-electron chi connectivity index (χ0n) is 15.0. The summed E-state index contributed by atoms with van der Waals surface area (Å²) < 4.78 is 22.6. The largest absolute Gasteiger partial charge is 0.357 e. The second-order valence-corrected chi connectivity index (χ2v) is 8.40. The molecule has 26 heavy (non-hydrogen) atoms. The highest BCUT2D eigenvalue weighted by molar-refractivity contribution is 7.89. The molecule has 0 aliphatic heterocycles. The van der Waals surface area contributed by atoms with Gasteiger partial charge in [0.2, 0.25) is 10.0 Å². The molecule has 1 heterocycles. The van der Waals surface area contributed by atoms with Crippen LogP contribution in [0.15, 0.2) is 40.4 Å². The number of hydrogen-bond donors (Lipinski definition) is 3. The van der Waals surface area contributed by atoms with Crippen molar-refractivity contribution in [3.63, 3.8) is 0 Å². The van der Waals surface area contributed by atoms with E-state index in [1.807, 2.05) is 13.1 Å². The molecule has 0 saturated carbocycles. The van der Waals surface area contributed by atoms with Crippen LogP contribution in [0, 0.1) is 0 Å². The van der Waals surface area contributed by atoms with Gasteiger partial charge in [0.25, 0.3) is 0 Å². The van der Waals surface area contributed by atoms with Crippen molar-refractivity contribution < 1.29 is 8.42 Å². The topological polar surface area (TPSA) is 109 Å². The maximum atomic E-state index is 11.3. The summed E-state index contributed by atoms with van der Waals surface area (Å²) in [7, 11) is -3.66. The van der Waals surface area contributed by atoms with Crippen molar-refractivity contribution in [2.45, 2.75) is 38.1 Å². The summed E-state index contributed by atoms with van der Waals surface area (Å²) in [6.07, 6.45) is 3.79. The number of sulfonamides is 1. The Balaban J connectivity index is 1.91. The minimum Gasteiger partial charge on any atom is -0.357 e. The van der Waals surface area contributed by atoms with E-state index in [2.05, 4.69) is 27.5 Å². The Morgan fingerprint density at radius 2 is 1.96 bits per heavy atom. The SMILES string of the molecule is CCNC(=NCc1ccc(S(N)(=O)=O)cc1)NCCc1ncc(CC)s1. The van der Waals surface area contributed by atoms with Crippen molar-refractivity contribution >= 4 is 27.3 Å². The lowest BCUT2D eigenvalue weighted by atomic mass is 10.2. The zero-order chi connectivity index (χ0) is 19.0. The maximum absolute atomic E-state index is 11.3. The van der Waals surface area contributed by atoms with E-state index in [-0.39, 0.29) is 4.90 Å². The van der Waals surface area contributed by atoms with Gasteiger partial charge >= 0.3 is 0 Å². The van der Waals surface area contributed by atoms with Crippen LogP contribution in [-0.4, -0.2) is 32.5 Å². The molecule has 0 fully saturated rings. The molecule has 9 heteroatoms. The zero-order valence-corrected chi connectivity index (χ0v) is 16.7. The van der Waals surface area contributed by atoms with E-state index < -0.39 is 10.0 Å². The number of nitrogens with zero attached hydrogens (tertiary/aromatic N) is 2. The highest BCUT2D eigenvalue weighted by Crippen LogP contribution is 2.13. The van der Waals surface area contributed by atoms with Gasteiger partial charge in [0.15, 0.2) is 5.96 Å². The Kier molecular flexibility index (Phi) is 7.55. The molecule has 0 spiro atoms. The number of aromatic nitrogens is 1.